The number of Topliss-reactive ketones (excluding diaryl/α,β-unsaturated/α-hetero) is 1. The lowest BCUT2D eigenvalue weighted by Gasteiger charge is -2.15. The molecule has 1 atom stereocenters. The molecule has 116 valence electrons. The van der Waals surface area contributed by atoms with Crippen LogP contribution in [0.4, 0.5) is 0 Å². The zero-order chi connectivity index (χ0) is 16.3. The summed E-state index contributed by atoms with van der Waals surface area (Å²) in [6.45, 7) is 1.89. The molecule has 0 saturated carbocycles. The van der Waals surface area contributed by atoms with E-state index in [9.17, 15) is 9.59 Å². The lowest BCUT2D eigenvalue weighted by molar-refractivity contribution is -0.148. The maximum absolute atomic E-state index is 12.9. The molecule has 0 bridgehead atoms. The standard InChI is InChI=1S/C19H17NO3/c1-2-9-16(21)23-19(18(22)15-12-7-4-8-13-15)17(20-19)14-10-5-3-6-11-14/h3-8,10-13H,2,9H2,1H3. The molecule has 0 saturated heterocycles. The van der Waals surface area contributed by atoms with Gasteiger partial charge in [-0.25, -0.2) is 4.99 Å². The average Bonchev–Trinajstić information content (AvgIpc) is 3.31. The van der Waals surface area contributed by atoms with E-state index in [1.807, 2.05) is 43.3 Å². The van der Waals surface area contributed by atoms with Crippen LogP contribution in [0.1, 0.15) is 35.7 Å². The summed E-state index contributed by atoms with van der Waals surface area (Å²) < 4.78 is 5.48. The Balaban J connectivity index is 1.91. The summed E-state index contributed by atoms with van der Waals surface area (Å²) in [5.74, 6) is -0.715. The first-order valence-corrected chi connectivity index (χ1v) is 7.65. The van der Waals surface area contributed by atoms with Gasteiger partial charge >= 0.3 is 11.7 Å². The van der Waals surface area contributed by atoms with Crippen LogP contribution < -0.4 is 0 Å². The molecule has 0 radical (unpaired) electrons. The van der Waals surface area contributed by atoms with Gasteiger partial charge in [0.2, 0.25) is 5.78 Å². The smallest absolute Gasteiger partial charge is 0.310 e. The number of benzene rings is 2. The lowest BCUT2D eigenvalue weighted by atomic mass is 9.99. The van der Waals surface area contributed by atoms with Crippen LogP contribution in [-0.2, 0) is 9.53 Å². The number of hydrogen-bond donors (Lipinski definition) is 0. The Bertz CT molecular complexity index is 753. The Kier molecular flexibility index (Phi) is 4.06. The predicted molar refractivity (Wildman–Crippen MR) is 87.5 cm³/mol. The van der Waals surface area contributed by atoms with Gasteiger partial charge in [0.05, 0.1) is 0 Å². The molecule has 3 rings (SSSR count). The van der Waals surface area contributed by atoms with Crippen molar-refractivity contribution in [3.63, 3.8) is 0 Å². The van der Waals surface area contributed by atoms with Gasteiger partial charge in [0.1, 0.15) is 5.71 Å². The average molecular weight is 307 g/mol. The minimum atomic E-state index is -1.49. The van der Waals surface area contributed by atoms with E-state index in [0.717, 1.165) is 5.56 Å². The summed E-state index contributed by atoms with van der Waals surface area (Å²) >= 11 is 0. The third-order valence-corrected chi connectivity index (χ3v) is 3.65. The minimum absolute atomic E-state index is 0.265. The van der Waals surface area contributed by atoms with Gasteiger partial charge < -0.3 is 4.74 Å². The van der Waals surface area contributed by atoms with Crippen LogP contribution in [0, 0.1) is 0 Å². The molecule has 4 heteroatoms. The number of hydrogen-bond acceptors (Lipinski definition) is 4. The molecule has 4 nitrogen and oxygen atoms in total. The van der Waals surface area contributed by atoms with Crippen LogP contribution in [-0.4, -0.2) is 23.2 Å². The first-order valence-electron chi connectivity index (χ1n) is 7.65. The van der Waals surface area contributed by atoms with E-state index in [1.165, 1.54) is 0 Å². The first-order chi connectivity index (χ1) is 11.2. The number of aliphatic imine (C=N–C) groups is 1. The van der Waals surface area contributed by atoms with Crippen LogP contribution in [0.15, 0.2) is 65.7 Å². The van der Waals surface area contributed by atoms with E-state index in [1.54, 1.807) is 24.3 Å². The molecule has 1 heterocycles. The van der Waals surface area contributed by atoms with Gasteiger partial charge in [-0.3, -0.25) is 9.59 Å². The van der Waals surface area contributed by atoms with Crippen molar-refractivity contribution >= 4 is 17.5 Å². The molecule has 1 unspecified atom stereocenters. The van der Waals surface area contributed by atoms with E-state index < -0.39 is 11.7 Å². The molecule has 1 aliphatic rings. The highest BCUT2D eigenvalue weighted by atomic mass is 16.6. The highest BCUT2D eigenvalue weighted by molar-refractivity contribution is 6.33. The number of nitrogens with zero attached hydrogens (tertiary/aromatic N) is 1. The van der Waals surface area contributed by atoms with Crippen molar-refractivity contribution < 1.29 is 14.3 Å². The predicted octanol–water partition coefficient (Wildman–Crippen LogP) is 3.41. The Morgan fingerprint density at radius 3 is 2.22 bits per heavy atom. The van der Waals surface area contributed by atoms with Gasteiger partial charge in [-0.15, -0.1) is 0 Å². The first kappa shape index (κ1) is 15.2. The highest BCUT2D eigenvalue weighted by Crippen LogP contribution is 2.37. The van der Waals surface area contributed by atoms with Crippen LogP contribution >= 0.6 is 0 Å². The zero-order valence-electron chi connectivity index (χ0n) is 12.9. The van der Waals surface area contributed by atoms with E-state index >= 15 is 0 Å². The van der Waals surface area contributed by atoms with Crippen molar-refractivity contribution in [2.24, 2.45) is 4.99 Å². The fourth-order valence-corrected chi connectivity index (χ4v) is 2.47. The molecule has 0 N–H and O–H groups in total. The molecule has 0 amide bonds. The zero-order valence-corrected chi connectivity index (χ0v) is 12.9. The van der Waals surface area contributed by atoms with Gasteiger partial charge in [-0.2, -0.15) is 0 Å². The van der Waals surface area contributed by atoms with Crippen LogP contribution in [0.3, 0.4) is 0 Å². The molecule has 0 fully saturated rings. The number of esters is 1. The van der Waals surface area contributed by atoms with Crippen molar-refractivity contribution in [3.05, 3.63) is 71.8 Å². The second kappa shape index (κ2) is 6.16. The molecule has 0 aromatic heterocycles. The van der Waals surface area contributed by atoms with Crippen molar-refractivity contribution in [1.29, 1.82) is 0 Å². The van der Waals surface area contributed by atoms with Gasteiger partial charge in [-0.1, -0.05) is 67.6 Å². The van der Waals surface area contributed by atoms with Crippen LogP contribution in [0.2, 0.25) is 0 Å². The third-order valence-electron chi connectivity index (χ3n) is 3.65. The van der Waals surface area contributed by atoms with E-state index in [0.29, 0.717) is 17.7 Å². The summed E-state index contributed by atoms with van der Waals surface area (Å²) in [6.07, 6.45) is 0.927. The summed E-state index contributed by atoms with van der Waals surface area (Å²) in [5, 5.41) is 0. The van der Waals surface area contributed by atoms with Gasteiger partial charge in [0.15, 0.2) is 0 Å². The highest BCUT2D eigenvalue weighted by Gasteiger charge is 2.58. The molecule has 1 aliphatic heterocycles. The summed E-state index contributed by atoms with van der Waals surface area (Å²) in [4.78, 5) is 29.1. The molecule has 23 heavy (non-hydrogen) atoms. The summed E-state index contributed by atoms with van der Waals surface area (Å²) in [6, 6.07) is 18.1. The largest absolute Gasteiger partial charge is 0.423 e. The second-order valence-corrected chi connectivity index (χ2v) is 5.39. The van der Waals surface area contributed by atoms with E-state index in [-0.39, 0.29) is 12.2 Å². The number of ketones is 1. The summed E-state index contributed by atoms with van der Waals surface area (Å²) in [7, 11) is 0. The maximum atomic E-state index is 12.9. The number of carbonyl (C=O) groups excluding carboxylic acids is 2. The quantitative estimate of drug-likeness (QED) is 0.607. The van der Waals surface area contributed by atoms with Crippen molar-refractivity contribution in [3.8, 4) is 0 Å². The number of carbonyl (C=O) groups is 2. The van der Waals surface area contributed by atoms with Crippen molar-refractivity contribution in [2.45, 2.75) is 25.5 Å². The number of rotatable bonds is 6. The van der Waals surface area contributed by atoms with E-state index in [2.05, 4.69) is 4.99 Å². The monoisotopic (exact) mass is 307 g/mol. The minimum Gasteiger partial charge on any atom is -0.423 e. The molecule has 2 aromatic rings. The Labute approximate surface area is 134 Å². The van der Waals surface area contributed by atoms with Crippen LogP contribution in [0.5, 0.6) is 0 Å². The molecular weight excluding hydrogens is 290 g/mol. The molecular formula is C19H17NO3. The normalized spacial score (nSPS) is 18.9. The number of ether oxygens (including phenoxy) is 1. The second-order valence-electron chi connectivity index (χ2n) is 5.39. The fraction of sp³-hybridized carbons (Fsp3) is 0.211. The van der Waals surface area contributed by atoms with Gasteiger partial charge in [0, 0.05) is 17.5 Å². The Hall–Kier alpha value is -2.75. The van der Waals surface area contributed by atoms with Gasteiger partial charge in [-0.05, 0) is 6.42 Å². The summed E-state index contributed by atoms with van der Waals surface area (Å²) in [5.41, 5.74) is 0.290. The fourth-order valence-electron chi connectivity index (χ4n) is 2.47. The SMILES string of the molecule is CCCC(=O)OC1(C(=O)c2ccccc2)N=C1c1ccccc1. The Morgan fingerprint density at radius 2 is 1.61 bits per heavy atom. The molecule has 2 aromatic carbocycles. The van der Waals surface area contributed by atoms with Gasteiger partial charge in [0.25, 0.3) is 0 Å². The van der Waals surface area contributed by atoms with E-state index in [4.69, 9.17) is 4.74 Å². The third kappa shape index (κ3) is 2.93. The molecule has 0 spiro atoms. The Morgan fingerprint density at radius 1 is 1.00 bits per heavy atom. The topological polar surface area (TPSA) is 55.7 Å². The lowest BCUT2D eigenvalue weighted by Crippen LogP contribution is -2.36. The van der Waals surface area contributed by atoms with Crippen molar-refractivity contribution in [2.75, 3.05) is 0 Å². The molecule has 0 aliphatic carbocycles. The van der Waals surface area contributed by atoms with Crippen LogP contribution in [0.25, 0.3) is 0 Å². The maximum Gasteiger partial charge on any atom is 0.310 e. The van der Waals surface area contributed by atoms with Crippen molar-refractivity contribution in [1.82, 2.24) is 0 Å².